The van der Waals surface area contributed by atoms with E-state index < -0.39 is 30.0 Å². The Labute approximate surface area is 722 Å². The van der Waals surface area contributed by atoms with Crippen molar-refractivity contribution < 1.29 is 120 Å². The number of rotatable bonds is 25. The van der Waals surface area contributed by atoms with Crippen molar-refractivity contribution in [1.29, 1.82) is 0 Å². The Bertz CT molecular complexity index is 5530. The van der Waals surface area contributed by atoms with Crippen LogP contribution in [0.25, 0.3) is 0 Å². The monoisotopic (exact) mass is 1700 g/mol. The zero-order valence-corrected chi connectivity index (χ0v) is 72.1. The molecule has 0 unspecified atom stereocenters. The molecule has 4 aliphatic rings. The minimum Gasteiger partial charge on any atom is -0.508 e. The molecule has 658 valence electrons. The molecule has 0 spiro atoms. The van der Waals surface area contributed by atoms with Crippen LogP contribution in [0.4, 0.5) is 0 Å². The van der Waals surface area contributed by atoms with Gasteiger partial charge in [-0.05, 0) is 231 Å². The van der Waals surface area contributed by atoms with Gasteiger partial charge in [0, 0.05) is 64.7 Å². The number of carbonyl (C=O) groups is 4. The normalized spacial score (nSPS) is 16.1. The topological polar surface area (TPSA) is 429 Å². The van der Waals surface area contributed by atoms with Crippen molar-refractivity contribution in [2.75, 3.05) is 0 Å². The SMILES string of the molecule is C/C(=C\Cc1cc([C@@H]2CC(=O)c3c(O)cc(O)cc3O2)ccc1O)CCCC(C)(C)O.CC(C)=CCC/C(C)=C/Cc1c(O)cc2c(c1O)C(=O)C[C@@H](c1ccc(O)c(O)c1)O2.CC(C)=CCC/C(C)=C/Cc1c([C@@H]2CC(=O)c3c(O)cc(O)cc3O2)ccc(O)c1O.CC(C)=CCC/C(C)=C/Cc1cc([C@@H]2CC(=O)c3c(O)cc(O)cc3O2)cc(O)c1O. The molecular weight excluding hydrogens is 1590 g/mol. The summed E-state index contributed by atoms with van der Waals surface area (Å²) < 4.78 is 23.5. The molecular formula is C100H114O24. The third-order valence-electron chi connectivity index (χ3n) is 21.6. The minimum absolute atomic E-state index is 0.0344. The number of allylic oxidation sites excluding steroid dienone is 14. The van der Waals surface area contributed by atoms with Gasteiger partial charge in [0.05, 0.1) is 31.3 Å². The zero-order chi connectivity index (χ0) is 90.9. The van der Waals surface area contributed by atoms with Gasteiger partial charge in [0.1, 0.15) is 121 Å². The molecule has 0 fully saturated rings. The molecule has 0 aromatic heterocycles. The fraction of sp³-hybridized carbons (Fsp3) is 0.340. The van der Waals surface area contributed by atoms with E-state index in [1.54, 1.807) is 44.2 Å². The van der Waals surface area contributed by atoms with E-state index in [4.69, 9.17) is 18.9 Å². The first-order valence-corrected chi connectivity index (χ1v) is 41.2. The Morgan fingerprint density at radius 2 is 0.702 bits per heavy atom. The lowest BCUT2D eigenvalue weighted by Gasteiger charge is -2.28. The first kappa shape index (κ1) is 94.6. The van der Waals surface area contributed by atoms with Crippen molar-refractivity contribution in [3.8, 4) is 109 Å². The number of aromatic hydroxyl groups is 15. The van der Waals surface area contributed by atoms with Gasteiger partial charge in [0.15, 0.2) is 57.6 Å². The molecule has 124 heavy (non-hydrogen) atoms. The second kappa shape index (κ2) is 42.0. The predicted molar refractivity (Wildman–Crippen MR) is 472 cm³/mol. The standard InChI is InChI=1S/C25H30O6.3C25H28O6/c1-15(5-4-10-25(2,3)30)6-7-16-11-17(8-9-19(16)27)22-14-21(29)24-20(28)12-18(26)13-23(24)31-22;1-14(2)5-4-6-15(3)7-9-17-19(27)12-23-24(25(17)30)21(29)13-22(31-23)16-8-10-18(26)20(28)11-16;1-14(2)5-4-6-15(3)7-8-16-9-17(10-21(29)25(16)30)22-13-20(28)24-19(27)11-18(26)12-23(24)31-22;1-14(2)5-4-6-15(3)7-8-18-17(9-10-19(27)25(18)30)22-13-21(29)24-20(28)11-16(26)12-23(24)31-22/h6,8-9,11-13,22,26-28,30H,4-5,7,10,14H2,1-3H3;5,7-8,10-12,22,26-28,30H,4,6,9,13H2,1-3H3;5,7,9-12,22,26-27,29-30H,4,6,8,13H2,1-3H3;5,7,9-12,22,26-28,30H,4,6,8,13H2,1-3H3/b15-6+;3*15-7+/t4*22-/m0000/s1. The molecule has 24 heteroatoms. The summed E-state index contributed by atoms with van der Waals surface area (Å²) in [6.07, 6.45) is 21.3. The quantitative estimate of drug-likeness (QED) is 0.0187. The van der Waals surface area contributed by atoms with Crippen molar-refractivity contribution >= 4 is 23.1 Å². The number of ether oxygens (including phenoxy) is 4. The summed E-state index contributed by atoms with van der Waals surface area (Å²) in [7, 11) is 0. The van der Waals surface area contributed by atoms with Crippen molar-refractivity contribution in [2.45, 2.75) is 222 Å². The van der Waals surface area contributed by atoms with Crippen LogP contribution in [-0.4, -0.2) is 110 Å². The molecule has 24 nitrogen and oxygen atoms in total. The van der Waals surface area contributed by atoms with Crippen LogP contribution in [-0.2, 0) is 25.7 Å². The third-order valence-corrected chi connectivity index (χ3v) is 21.6. The maximum atomic E-state index is 12.8. The maximum absolute atomic E-state index is 12.8. The molecule has 0 amide bonds. The molecule has 0 bridgehead atoms. The number of phenols is 15. The smallest absolute Gasteiger partial charge is 0.174 e. The predicted octanol–water partition coefficient (Wildman–Crippen LogP) is 21.3. The highest BCUT2D eigenvalue weighted by Crippen LogP contribution is 2.50. The van der Waals surface area contributed by atoms with Crippen LogP contribution in [0.2, 0.25) is 0 Å². The Morgan fingerprint density at radius 3 is 1.16 bits per heavy atom. The molecule has 0 saturated carbocycles. The molecule has 4 heterocycles. The Balaban J connectivity index is 0.000000187. The lowest BCUT2D eigenvalue weighted by molar-refractivity contribution is 0.0688. The summed E-state index contributed by atoms with van der Waals surface area (Å²) in [5.41, 5.74) is 12.3. The van der Waals surface area contributed by atoms with Crippen LogP contribution in [0.3, 0.4) is 0 Å². The van der Waals surface area contributed by atoms with Crippen LogP contribution in [0.1, 0.15) is 277 Å². The molecule has 0 radical (unpaired) electrons. The summed E-state index contributed by atoms with van der Waals surface area (Å²) >= 11 is 0. The summed E-state index contributed by atoms with van der Waals surface area (Å²) in [5.74, 6) is -4.18. The van der Waals surface area contributed by atoms with E-state index in [-0.39, 0.29) is 186 Å². The van der Waals surface area contributed by atoms with Gasteiger partial charge in [-0.3, -0.25) is 19.2 Å². The van der Waals surface area contributed by atoms with Gasteiger partial charge in [-0.2, -0.15) is 0 Å². The van der Waals surface area contributed by atoms with E-state index in [0.29, 0.717) is 53.5 Å². The van der Waals surface area contributed by atoms with E-state index in [1.165, 1.54) is 76.4 Å². The molecule has 0 saturated heterocycles. The van der Waals surface area contributed by atoms with E-state index in [9.17, 15) is 101 Å². The highest BCUT2D eigenvalue weighted by atomic mass is 16.5. The number of Topliss-reactive ketones (excluding diaryl/α,β-unsaturated/α-hetero) is 4. The van der Waals surface area contributed by atoms with Gasteiger partial charge in [-0.1, -0.05) is 99.7 Å². The number of carbonyl (C=O) groups excluding carboxylic acids is 4. The van der Waals surface area contributed by atoms with Crippen LogP contribution in [0.15, 0.2) is 185 Å². The van der Waals surface area contributed by atoms with Gasteiger partial charge in [0.25, 0.3) is 0 Å². The van der Waals surface area contributed by atoms with Crippen LogP contribution < -0.4 is 18.9 Å². The number of fused-ring (bicyclic) bond motifs is 4. The Kier molecular flexibility index (Phi) is 32.1. The number of aliphatic hydroxyl groups is 1. The highest BCUT2D eigenvalue weighted by Gasteiger charge is 2.37. The Hall–Kier alpha value is -13.2. The number of hydrogen-bond acceptors (Lipinski definition) is 24. The molecule has 0 aliphatic carbocycles. The Morgan fingerprint density at radius 1 is 0.331 bits per heavy atom. The minimum atomic E-state index is -0.720. The maximum Gasteiger partial charge on any atom is 0.174 e. The summed E-state index contributed by atoms with van der Waals surface area (Å²) in [4.78, 5) is 50.5. The fourth-order valence-corrected chi connectivity index (χ4v) is 14.7. The number of hydrogen-bond donors (Lipinski definition) is 16. The first-order chi connectivity index (χ1) is 58.5. The lowest BCUT2D eigenvalue weighted by atomic mass is 9.90. The molecule has 8 aromatic rings. The van der Waals surface area contributed by atoms with Crippen LogP contribution in [0.5, 0.6) is 109 Å². The van der Waals surface area contributed by atoms with Gasteiger partial charge in [-0.25, -0.2) is 0 Å². The summed E-state index contributed by atoms with van der Waals surface area (Å²) in [6.45, 7) is 24.0. The molecule has 16 N–H and O–H groups in total. The van der Waals surface area contributed by atoms with E-state index >= 15 is 0 Å². The average Bonchev–Trinajstić information content (AvgIpc) is 0.502. The second-order valence-electron chi connectivity index (χ2n) is 33.4. The van der Waals surface area contributed by atoms with Gasteiger partial charge >= 0.3 is 0 Å². The number of ketones is 4. The third kappa shape index (κ3) is 25.5. The fourth-order valence-electron chi connectivity index (χ4n) is 14.7. The van der Waals surface area contributed by atoms with E-state index in [0.717, 1.165) is 98.3 Å². The van der Waals surface area contributed by atoms with Crippen molar-refractivity contribution in [3.63, 3.8) is 0 Å². The van der Waals surface area contributed by atoms with Crippen LogP contribution in [0, 0.1) is 0 Å². The van der Waals surface area contributed by atoms with E-state index in [2.05, 4.69) is 65.8 Å². The second-order valence-corrected chi connectivity index (χ2v) is 33.4. The molecule has 12 rings (SSSR count). The average molecular weight is 1700 g/mol. The number of phenolic OH excluding ortho intramolecular Hbond substituents is 15. The van der Waals surface area contributed by atoms with E-state index in [1.807, 2.05) is 52.0 Å². The molecule has 8 aromatic carbocycles. The number of benzene rings is 8. The molecule has 4 atom stereocenters. The van der Waals surface area contributed by atoms with Crippen molar-refractivity contribution in [3.05, 3.63) is 251 Å². The largest absolute Gasteiger partial charge is 0.508 e. The van der Waals surface area contributed by atoms with Crippen molar-refractivity contribution in [1.82, 2.24) is 0 Å². The first-order valence-electron chi connectivity index (χ1n) is 41.2. The lowest BCUT2D eigenvalue weighted by Crippen LogP contribution is -2.21. The van der Waals surface area contributed by atoms with Gasteiger partial charge in [-0.15, -0.1) is 0 Å². The summed E-state index contributed by atoms with van der Waals surface area (Å²) in [6, 6.07) is 23.9. The van der Waals surface area contributed by atoms with Gasteiger partial charge in [0.2, 0.25) is 0 Å². The zero-order valence-electron chi connectivity index (χ0n) is 72.1. The molecule has 4 aliphatic heterocycles. The summed E-state index contributed by atoms with van der Waals surface area (Å²) in [5, 5.41) is 161. The van der Waals surface area contributed by atoms with Gasteiger partial charge < -0.3 is 101 Å². The van der Waals surface area contributed by atoms with Crippen LogP contribution >= 0.6 is 0 Å². The van der Waals surface area contributed by atoms with Crippen molar-refractivity contribution in [2.24, 2.45) is 0 Å². The highest BCUT2D eigenvalue weighted by molar-refractivity contribution is 6.05.